The molecule has 17 heavy (non-hydrogen) atoms. The number of phenolic OH excluding ortho intramolecular Hbond substituents is 1. The highest BCUT2D eigenvalue weighted by molar-refractivity contribution is 6.32. The van der Waals surface area contributed by atoms with Gasteiger partial charge in [-0.05, 0) is 37.0 Å². The molecule has 0 radical (unpaired) electrons. The third-order valence-corrected chi connectivity index (χ3v) is 3.24. The number of nitrogens with two attached hydrogens (primary N) is 1. The van der Waals surface area contributed by atoms with E-state index in [0.717, 1.165) is 12.8 Å². The summed E-state index contributed by atoms with van der Waals surface area (Å²) in [6.07, 6.45) is 2.31. The van der Waals surface area contributed by atoms with Crippen molar-refractivity contribution in [1.82, 2.24) is 5.32 Å². The molecule has 92 valence electrons. The molecule has 1 fully saturated rings. The summed E-state index contributed by atoms with van der Waals surface area (Å²) >= 11 is 5.73. The summed E-state index contributed by atoms with van der Waals surface area (Å²) in [4.78, 5) is 11.7. The predicted octanol–water partition coefficient (Wildman–Crippen LogP) is 1.51. The lowest BCUT2D eigenvalue weighted by atomic mass is 10.1. The van der Waals surface area contributed by atoms with Crippen molar-refractivity contribution in [2.24, 2.45) is 11.7 Å². The highest BCUT2D eigenvalue weighted by atomic mass is 35.5. The highest BCUT2D eigenvalue weighted by Gasteiger charge is 2.28. The van der Waals surface area contributed by atoms with Crippen LogP contribution in [-0.4, -0.2) is 23.6 Å². The number of benzene rings is 1. The van der Waals surface area contributed by atoms with E-state index in [1.54, 1.807) is 0 Å². The molecule has 1 atom stereocenters. The molecule has 1 aromatic rings. The van der Waals surface area contributed by atoms with E-state index in [-0.39, 0.29) is 22.7 Å². The summed E-state index contributed by atoms with van der Waals surface area (Å²) in [6.45, 7) is 0.474. The van der Waals surface area contributed by atoms with Gasteiger partial charge < -0.3 is 16.2 Å². The molecule has 5 heteroatoms. The largest absolute Gasteiger partial charge is 0.506 e. The molecule has 0 heterocycles. The number of amides is 1. The van der Waals surface area contributed by atoms with Crippen molar-refractivity contribution in [2.75, 3.05) is 6.54 Å². The number of halogens is 1. The van der Waals surface area contributed by atoms with Crippen LogP contribution < -0.4 is 11.1 Å². The molecule has 4 nitrogen and oxygen atoms in total. The van der Waals surface area contributed by atoms with Crippen molar-refractivity contribution in [3.05, 3.63) is 28.8 Å². The first-order valence-corrected chi connectivity index (χ1v) is 5.98. The van der Waals surface area contributed by atoms with Crippen LogP contribution in [0.3, 0.4) is 0 Å². The summed E-state index contributed by atoms with van der Waals surface area (Å²) in [5.41, 5.74) is 6.31. The van der Waals surface area contributed by atoms with Crippen LogP contribution in [0, 0.1) is 5.92 Å². The summed E-state index contributed by atoms with van der Waals surface area (Å²) in [5.74, 6) is 0.305. The second-order valence-electron chi connectivity index (χ2n) is 4.38. The molecule has 0 aliphatic heterocycles. The van der Waals surface area contributed by atoms with E-state index in [0.29, 0.717) is 18.0 Å². The molecule has 1 unspecified atom stereocenters. The van der Waals surface area contributed by atoms with Crippen molar-refractivity contribution in [1.29, 1.82) is 0 Å². The number of aromatic hydroxyl groups is 1. The van der Waals surface area contributed by atoms with Gasteiger partial charge >= 0.3 is 0 Å². The van der Waals surface area contributed by atoms with Crippen molar-refractivity contribution in [3.63, 3.8) is 0 Å². The van der Waals surface area contributed by atoms with Gasteiger partial charge in [-0.25, -0.2) is 0 Å². The van der Waals surface area contributed by atoms with E-state index in [1.165, 1.54) is 18.2 Å². The van der Waals surface area contributed by atoms with E-state index in [2.05, 4.69) is 5.32 Å². The van der Waals surface area contributed by atoms with Gasteiger partial charge in [0, 0.05) is 18.2 Å². The average molecular weight is 255 g/mol. The van der Waals surface area contributed by atoms with Crippen LogP contribution in [0.2, 0.25) is 5.02 Å². The van der Waals surface area contributed by atoms with Crippen molar-refractivity contribution >= 4 is 17.5 Å². The van der Waals surface area contributed by atoms with Gasteiger partial charge in [0.15, 0.2) is 0 Å². The van der Waals surface area contributed by atoms with Crippen LogP contribution in [0.5, 0.6) is 5.75 Å². The molecule has 2 rings (SSSR count). The van der Waals surface area contributed by atoms with Crippen LogP contribution in [0.1, 0.15) is 23.2 Å². The Balaban J connectivity index is 1.92. The van der Waals surface area contributed by atoms with Gasteiger partial charge in [0.25, 0.3) is 5.91 Å². The minimum Gasteiger partial charge on any atom is -0.506 e. The number of hydrogen-bond acceptors (Lipinski definition) is 3. The van der Waals surface area contributed by atoms with Gasteiger partial charge in [0.05, 0.1) is 5.02 Å². The molecule has 1 aromatic carbocycles. The second kappa shape index (κ2) is 4.94. The summed E-state index contributed by atoms with van der Waals surface area (Å²) < 4.78 is 0. The fraction of sp³-hybridized carbons (Fsp3) is 0.417. The first-order valence-electron chi connectivity index (χ1n) is 5.60. The van der Waals surface area contributed by atoms with Crippen LogP contribution in [0.4, 0.5) is 0 Å². The minimum absolute atomic E-state index is 0.0297. The van der Waals surface area contributed by atoms with Crippen LogP contribution in [0.15, 0.2) is 18.2 Å². The van der Waals surface area contributed by atoms with Crippen LogP contribution >= 0.6 is 11.6 Å². The van der Waals surface area contributed by atoms with Gasteiger partial charge in [-0.3, -0.25) is 4.79 Å². The second-order valence-corrected chi connectivity index (χ2v) is 4.78. The number of phenols is 1. The average Bonchev–Trinajstić information content (AvgIpc) is 3.13. The van der Waals surface area contributed by atoms with Gasteiger partial charge in [-0.2, -0.15) is 0 Å². The lowest BCUT2D eigenvalue weighted by Gasteiger charge is -2.11. The monoisotopic (exact) mass is 254 g/mol. The Morgan fingerprint density at radius 1 is 1.59 bits per heavy atom. The summed E-state index contributed by atoms with van der Waals surface area (Å²) in [5, 5.41) is 12.2. The highest BCUT2D eigenvalue weighted by Crippen LogP contribution is 2.31. The molecule has 1 aliphatic rings. The fourth-order valence-electron chi connectivity index (χ4n) is 1.65. The molecular formula is C12H15ClN2O2. The minimum atomic E-state index is -0.219. The lowest BCUT2D eigenvalue weighted by molar-refractivity contribution is 0.0950. The Hall–Kier alpha value is -1.26. The first kappa shape index (κ1) is 12.2. The summed E-state index contributed by atoms with van der Waals surface area (Å²) in [6, 6.07) is 4.40. The zero-order chi connectivity index (χ0) is 12.4. The maximum absolute atomic E-state index is 11.7. The first-order chi connectivity index (χ1) is 8.08. The summed E-state index contributed by atoms with van der Waals surface area (Å²) in [7, 11) is 0. The number of carbonyl (C=O) groups is 1. The third-order valence-electron chi connectivity index (χ3n) is 2.94. The van der Waals surface area contributed by atoms with Gasteiger partial charge in [-0.1, -0.05) is 11.6 Å². The molecule has 1 saturated carbocycles. The molecule has 0 aromatic heterocycles. The number of carbonyl (C=O) groups excluding carboxylic acids is 1. The zero-order valence-corrected chi connectivity index (χ0v) is 10.1. The Morgan fingerprint density at radius 3 is 2.88 bits per heavy atom. The van der Waals surface area contributed by atoms with E-state index in [9.17, 15) is 9.90 Å². The standard InChI is InChI=1S/C12H15ClN2O2/c13-9-5-8(3-4-11(9)16)12(17)15-6-10(14)7-1-2-7/h3-5,7,10,16H,1-2,6,14H2,(H,15,17). The Labute approximate surface area is 105 Å². The number of rotatable bonds is 4. The Bertz CT molecular complexity index is 433. The van der Waals surface area contributed by atoms with Crippen LogP contribution in [0.25, 0.3) is 0 Å². The van der Waals surface area contributed by atoms with E-state index >= 15 is 0 Å². The van der Waals surface area contributed by atoms with Crippen LogP contribution in [-0.2, 0) is 0 Å². The van der Waals surface area contributed by atoms with E-state index < -0.39 is 0 Å². The number of hydrogen-bond donors (Lipinski definition) is 3. The molecule has 1 aliphatic carbocycles. The maximum Gasteiger partial charge on any atom is 0.251 e. The molecular weight excluding hydrogens is 240 g/mol. The third kappa shape index (κ3) is 3.11. The van der Waals surface area contributed by atoms with Gasteiger partial charge in [-0.15, -0.1) is 0 Å². The van der Waals surface area contributed by atoms with Crippen molar-refractivity contribution in [2.45, 2.75) is 18.9 Å². The van der Waals surface area contributed by atoms with Gasteiger partial charge in [0.2, 0.25) is 0 Å². The fourth-order valence-corrected chi connectivity index (χ4v) is 1.83. The normalized spacial score (nSPS) is 16.6. The smallest absolute Gasteiger partial charge is 0.251 e. The number of nitrogens with one attached hydrogen (secondary N) is 1. The molecule has 0 spiro atoms. The molecule has 4 N–H and O–H groups in total. The Morgan fingerprint density at radius 2 is 2.29 bits per heavy atom. The van der Waals surface area contributed by atoms with E-state index in [4.69, 9.17) is 17.3 Å². The molecule has 0 bridgehead atoms. The maximum atomic E-state index is 11.7. The predicted molar refractivity (Wildman–Crippen MR) is 66.1 cm³/mol. The molecule has 0 saturated heterocycles. The lowest BCUT2D eigenvalue weighted by Crippen LogP contribution is -2.38. The Kier molecular flexibility index (Phi) is 3.54. The van der Waals surface area contributed by atoms with Crippen molar-refractivity contribution in [3.8, 4) is 5.75 Å². The quantitative estimate of drug-likeness (QED) is 0.762. The SMILES string of the molecule is NC(CNC(=O)c1ccc(O)c(Cl)c1)C1CC1. The zero-order valence-electron chi connectivity index (χ0n) is 9.32. The van der Waals surface area contributed by atoms with Crippen molar-refractivity contribution < 1.29 is 9.90 Å². The molecule has 1 amide bonds. The topological polar surface area (TPSA) is 75.3 Å². The van der Waals surface area contributed by atoms with E-state index in [1.807, 2.05) is 0 Å². The van der Waals surface area contributed by atoms with Gasteiger partial charge in [0.1, 0.15) is 5.75 Å².